The molecule has 0 bridgehead atoms. The largest absolute Gasteiger partial charge is 0.420 e. The molecule has 2 aromatic heterocycles. The van der Waals surface area contributed by atoms with Crippen LogP contribution in [0, 0.1) is 0 Å². The van der Waals surface area contributed by atoms with Gasteiger partial charge in [0.2, 0.25) is 11.8 Å². The molecule has 0 fully saturated rings. The number of ether oxygens (including phenoxy) is 1. The number of carbonyl (C=O) groups is 1. The number of rotatable bonds is 4. The summed E-state index contributed by atoms with van der Waals surface area (Å²) < 4.78 is 5.75. The number of nitrogens with zero attached hydrogens (tertiary/aromatic N) is 3. The zero-order valence-corrected chi connectivity index (χ0v) is 15.2. The number of urea groups is 1. The van der Waals surface area contributed by atoms with Crippen molar-refractivity contribution in [1.29, 1.82) is 0 Å². The molecule has 7 nitrogen and oxygen atoms in total. The van der Waals surface area contributed by atoms with E-state index in [1.165, 1.54) is 12.5 Å². The Bertz CT molecular complexity index is 1120. The van der Waals surface area contributed by atoms with Gasteiger partial charge in [-0.25, -0.2) is 19.7 Å². The van der Waals surface area contributed by atoms with Gasteiger partial charge in [0.05, 0.1) is 22.8 Å². The second-order valence-corrected chi connectivity index (χ2v) is 6.21. The lowest BCUT2D eigenvalue weighted by atomic mass is 10.2. The number of hydrogen-bond acceptors (Lipinski definition) is 5. The van der Waals surface area contributed by atoms with Gasteiger partial charge < -0.3 is 15.4 Å². The number of nitrogens with one attached hydrogen (secondary N) is 2. The summed E-state index contributed by atoms with van der Waals surface area (Å²) in [4.78, 5) is 24.6. The van der Waals surface area contributed by atoms with Crippen LogP contribution < -0.4 is 15.4 Å². The molecule has 4 aromatic rings. The van der Waals surface area contributed by atoms with E-state index < -0.39 is 0 Å². The SMILES string of the molecule is O=C(Nc1ccccc1)Nc1ccc(Oc2ncnc3cc(Cl)ccc23)nc1. The summed E-state index contributed by atoms with van der Waals surface area (Å²) in [6.45, 7) is 0. The molecule has 2 N–H and O–H groups in total. The van der Waals surface area contributed by atoms with E-state index in [1.54, 1.807) is 42.5 Å². The molecule has 28 heavy (non-hydrogen) atoms. The number of fused-ring (bicyclic) bond motifs is 1. The van der Waals surface area contributed by atoms with Gasteiger partial charge in [0.15, 0.2) is 0 Å². The van der Waals surface area contributed by atoms with Crippen molar-refractivity contribution in [3.63, 3.8) is 0 Å². The highest BCUT2D eigenvalue weighted by Crippen LogP contribution is 2.27. The first-order chi connectivity index (χ1) is 13.7. The molecule has 0 aliphatic carbocycles. The lowest BCUT2D eigenvalue weighted by Crippen LogP contribution is -2.19. The zero-order chi connectivity index (χ0) is 19.3. The van der Waals surface area contributed by atoms with Crippen molar-refractivity contribution >= 4 is 39.9 Å². The predicted molar refractivity (Wildman–Crippen MR) is 108 cm³/mol. The molecule has 0 unspecified atom stereocenters. The van der Waals surface area contributed by atoms with Crippen LogP contribution in [-0.2, 0) is 0 Å². The van der Waals surface area contributed by atoms with Gasteiger partial charge in [-0.05, 0) is 36.4 Å². The number of benzene rings is 2. The maximum atomic E-state index is 12.0. The Hall–Kier alpha value is -3.71. The van der Waals surface area contributed by atoms with Crippen LogP contribution in [0.4, 0.5) is 16.2 Å². The molecule has 8 heteroatoms. The Balaban J connectivity index is 1.44. The van der Waals surface area contributed by atoms with Gasteiger partial charge >= 0.3 is 6.03 Å². The minimum atomic E-state index is -0.361. The van der Waals surface area contributed by atoms with Crippen molar-refractivity contribution in [2.75, 3.05) is 10.6 Å². The van der Waals surface area contributed by atoms with Gasteiger partial charge in [-0.3, -0.25) is 0 Å². The highest BCUT2D eigenvalue weighted by molar-refractivity contribution is 6.31. The first-order valence-electron chi connectivity index (χ1n) is 8.34. The smallest absolute Gasteiger partial charge is 0.323 e. The minimum Gasteiger partial charge on any atom is -0.420 e. The molecule has 2 amide bonds. The lowest BCUT2D eigenvalue weighted by molar-refractivity contribution is 0.262. The van der Waals surface area contributed by atoms with Crippen molar-refractivity contribution in [2.45, 2.75) is 0 Å². The van der Waals surface area contributed by atoms with Crippen LogP contribution >= 0.6 is 11.6 Å². The summed E-state index contributed by atoms with van der Waals surface area (Å²) in [5.41, 5.74) is 1.90. The third-order valence-electron chi connectivity index (χ3n) is 3.79. The van der Waals surface area contributed by atoms with E-state index in [4.69, 9.17) is 16.3 Å². The number of carbonyl (C=O) groups excluding carboxylic acids is 1. The van der Waals surface area contributed by atoms with Gasteiger partial charge in [-0.15, -0.1) is 0 Å². The summed E-state index contributed by atoms with van der Waals surface area (Å²) in [7, 11) is 0. The van der Waals surface area contributed by atoms with Crippen LogP contribution in [0.25, 0.3) is 10.9 Å². The minimum absolute atomic E-state index is 0.337. The van der Waals surface area contributed by atoms with Crippen molar-refractivity contribution in [2.24, 2.45) is 0 Å². The molecule has 0 spiro atoms. The molecule has 0 saturated carbocycles. The molecular formula is C20H14ClN5O2. The van der Waals surface area contributed by atoms with Gasteiger partial charge in [-0.1, -0.05) is 29.8 Å². The van der Waals surface area contributed by atoms with Gasteiger partial charge in [0.25, 0.3) is 0 Å². The quantitative estimate of drug-likeness (QED) is 0.504. The Kier molecular flexibility index (Phi) is 4.99. The van der Waals surface area contributed by atoms with E-state index >= 15 is 0 Å². The van der Waals surface area contributed by atoms with Gasteiger partial charge in [0.1, 0.15) is 6.33 Å². The summed E-state index contributed by atoms with van der Waals surface area (Å²) in [5, 5.41) is 6.74. The van der Waals surface area contributed by atoms with E-state index in [0.717, 1.165) is 5.39 Å². The van der Waals surface area contributed by atoms with Crippen LogP contribution in [0.15, 0.2) is 73.2 Å². The normalized spacial score (nSPS) is 10.5. The van der Waals surface area contributed by atoms with E-state index in [1.807, 2.05) is 18.2 Å². The standard InChI is InChI=1S/C20H14ClN5O2/c21-13-6-8-16-17(10-13)23-12-24-19(16)28-18-9-7-15(11-22-18)26-20(27)25-14-4-2-1-3-5-14/h1-12H,(H2,25,26,27). The number of pyridine rings is 1. The first kappa shape index (κ1) is 17.7. The Morgan fingerprint density at radius 1 is 0.893 bits per heavy atom. The maximum absolute atomic E-state index is 12.0. The fourth-order valence-corrected chi connectivity index (χ4v) is 2.68. The number of halogens is 1. The van der Waals surface area contributed by atoms with Crippen molar-refractivity contribution in [1.82, 2.24) is 15.0 Å². The first-order valence-corrected chi connectivity index (χ1v) is 8.72. The molecule has 2 heterocycles. The molecule has 138 valence electrons. The van der Waals surface area contributed by atoms with Crippen LogP contribution in [0.1, 0.15) is 0 Å². The number of anilines is 2. The van der Waals surface area contributed by atoms with Crippen molar-refractivity contribution in [3.8, 4) is 11.8 Å². The molecule has 0 aliphatic heterocycles. The van der Waals surface area contributed by atoms with Crippen LogP contribution in [0.5, 0.6) is 11.8 Å². The molecule has 4 rings (SSSR count). The Morgan fingerprint density at radius 3 is 2.50 bits per heavy atom. The molecule has 0 saturated heterocycles. The fraction of sp³-hybridized carbons (Fsp3) is 0. The zero-order valence-electron chi connectivity index (χ0n) is 14.5. The lowest BCUT2D eigenvalue weighted by Gasteiger charge is -2.09. The summed E-state index contributed by atoms with van der Waals surface area (Å²) in [6.07, 6.45) is 2.90. The number of amides is 2. The Morgan fingerprint density at radius 2 is 1.71 bits per heavy atom. The third kappa shape index (κ3) is 4.16. The topological polar surface area (TPSA) is 89.0 Å². The second-order valence-electron chi connectivity index (χ2n) is 5.77. The highest BCUT2D eigenvalue weighted by Gasteiger charge is 2.08. The average Bonchev–Trinajstić information content (AvgIpc) is 2.70. The molecular weight excluding hydrogens is 378 g/mol. The highest BCUT2D eigenvalue weighted by atomic mass is 35.5. The number of para-hydroxylation sites is 1. The van der Waals surface area contributed by atoms with E-state index in [-0.39, 0.29) is 6.03 Å². The Labute approximate surface area is 165 Å². The average molecular weight is 392 g/mol. The van der Waals surface area contributed by atoms with Crippen molar-refractivity contribution < 1.29 is 9.53 Å². The van der Waals surface area contributed by atoms with E-state index in [9.17, 15) is 4.79 Å². The van der Waals surface area contributed by atoms with E-state index in [2.05, 4.69) is 25.6 Å². The molecule has 0 atom stereocenters. The monoisotopic (exact) mass is 391 g/mol. The predicted octanol–water partition coefficient (Wildman–Crippen LogP) is 5.11. The molecule has 2 aromatic carbocycles. The second kappa shape index (κ2) is 7.89. The fourth-order valence-electron chi connectivity index (χ4n) is 2.52. The van der Waals surface area contributed by atoms with Crippen LogP contribution in [0.2, 0.25) is 5.02 Å². The van der Waals surface area contributed by atoms with Crippen molar-refractivity contribution in [3.05, 3.63) is 78.2 Å². The van der Waals surface area contributed by atoms with E-state index in [0.29, 0.717) is 33.7 Å². The maximum Gasteiger partial charge on any atom is 0.323 e. The summed E-state index contributed by atoms with van der Waals surface area (Å²) in [5.74, 6) is 0.709. The molecule has 0 aliphatic rings. The number of hydrogen-bond donors (Lipinski definition) is 2. The third-order valence-corrected chi connectivity index (χ3v) is 4.02. The summed E-state index contributed by atoms with van der Waals surface area (Å²) in [6, 6.07) is 17.4. The van der Waals surface area contributed by atoms with Gasteiger partial charge in [-0.2, -0.15) is 0 Å². The van der Waals surface area contributed by atoms with Gasteiger partial charge in [0, 0.05) is 16.8 Å². The van der Waals surface area contributed by atoms with Crippen LogP contribution in [-0.4, -0.2) is 21.0 Å². The number of aromatic nitrogens is 3. The van der Waals surface area contributed by atoms with Crippen LogP contribution in [0.3, 0.4) is 0 Å². The molecule has 0 radical (unpaired) electrons. The summed E-state index contributed by atoms with van der Waals surface area (Å²) >= 11 is 5.99.